The first-order chi connectivity index (χ1) is 7.27. The molecule has 0 saturated heterocycles. The van der Waals surface area contributed by atoms with E-state index in [0.717, 1.165) is 18.7 Å². The number of hydrogen-bond acceptors (Lipinski definition) is 4. The first-order valence-corrected chi connectivity index (χ1v) is 4.79. The van der Waals surface area contributed by atoms with Crippen LogP contribution in [0.5, 0.6) is 11.5 Å². The van der Waals surface area contributed by atoms with Crippen molar-refractivity contribution in [2.24, 2.45) is 4.99 Å². The zero-order valence-corrected chi connectivity index (χ0v) is 9.03. The van der Waals surface area contributed by atoms with Gasteiger partial charge in [-0.3, -0.25) is 4.99 Å². The maximum Gasteiger partial charge on any atom is 0.161 e. The molecule has 0 aliphatic heterocycles. The minimum Gasteiger partial charge on any atom is -0.504 e. The molecule has 15 heavy (non-hydrogen) atoms. The van der Waals surface area contributed by atoms with Gasteiger partial charge in [0.25, 0.3) is 0 Å². The van der Waals surface area contributed by atoms with Crippen LogP contribution in [-0.4, -0.2) is 38.6 Å². The highest BCUT2D eigenvalue weighted by atomic mass is 16.5. The van der Waals surface area contributed by atoms with Gasteiger partial charge < -0.3 is 15.2 Å². The number of ether oxygens (including phenoxy) is 1. The Balaban J connectivity index is 2.65. The van der Waals surface area contributed by atoms with Gasteiger partial charge in [0.05, 0.1) is 13.7 Å². The summed E-state index contributed by atoms with van der Waals surface area (Å²) >= 11 is 0. The Bertz CT molecular complexity index is 337. The summed E-state index contributed by atoms with van der Waals surface area (Å²) in [5.74, 6) is 0.609. The lowest BCUT2D eigenvalue weighted by atomic mass is 10.2. The molecule has 0 fully saturated rings. The van der Waals surface area contributed by atoms with Gasteiger partial charge in [-0.1, -0.05) is 0 Å². The maximum absolute atomic E-state index is 9.37. The molecule has 0 atom stereocenters. The molecule has 0 saturated carbocycles. The third-order valence-electron chi connectivity index (χ3n) is 1.94. The lowest BCUT2D eigenvalue weighted by molar-refractivity contribution is 0.373. The fourth-order valence-corrected chi connectivity index (χ4v) is 1.12. The Morgan fingerprint density at radius 3 is 3.00 bits per heavy atom. The van der Waals surface area contributed by atoms with Crippen LogP contribution in [0.25, 0.3) is 0 Å². The molecule has 4 heteroatoms. The van der Waals surface area contributed by atoms with Gasteiger partial charge in [0.1, 0.15) is 0 Å². The minimum absolute atomic E-state index is 0.143. The van der Waals surface area contributed by atoms with Crippen molar-refractivity contribution >= 4 is 6.21 Å². The number of nitrogens with zero attached hydrogens (tertiary/aromatic N) is 1. The fourth-order valence-electron chi connectivity index (χ4n) is 1.12. The van der Waals surface area contributed by atoms with Crippen LogP contribution in [0.15, 0.2) is 23.2 Å². The van der Waals surface area contributed by atoms with E-state index in [-0.39, 0.29) is 5.75 Å². The molecule has 0 bridgehead atoms. The Morgan fingerprint density at radius 1 is 1.53 bits per heavy atom. The average molecular weight is 208 g/mol. The number of nitrogens with one attached hydrogen (secondary N) is 1. The van der Waals surface area contributed by atoms with Crippen molar-refractivity contribution in [2.45, 2.75) is 0 Å². The van der Waals surface area contributed by atoms with Crippen molar-refractivity contribution in [3.05, 3.63) is 23.8 Å². The Morgan fingerprint density at radius 2 is 2.33 bits per heavy atom. The zero-order chi connectivity index (χ0) is 11.1. The number of aromatic hydroxyl groups is 1. The highest BCUT2D eigenvalue weighted by Crippen LogP contribution is 2.25. The average Bonchev–Trinajstić information content (AvgIpc) is 2.26. The van der Waals surface area contributed by atoms with Crippen LogP contribution in [0.4, 0.5) is 0 Å². The second-order valence-electron chi connectivity index (χ2n) is 3.07. The summed E-state index contributed by atoms with van der Waals surface area (Å²) in [7, 11) is 3.41. The standard InChI is InChI=1S/C11H16N2O2/c1-12-5-6-13-8-9-3-4-10(14)11(7-9)15-2/h3-4,7-8,12,14H,5-6H2,1-2H3. The van der Waals surface area contributed by atoms with Gasteiger partial charge >= 0.3 is 0 Å². The van der Waals surface area contributed by atoms with Gasteiger partial charge in [0.2, 0.25) is 0 Å². The van der Waals surface area contributed by atoms with Crippen LogP contribution in [0.2, 0.25) is 0 Å². The van der Waals surface area contributed by atoms with Gasteiger partial charge in [0.15, 0.2) is 11.5 Å². The number of phenols is 1. The number of benzene rings is 1. The maximum atomic E-state index is 9.37. The van der Waals surface area contributed by atoms with Gasteiger partial charge in [0, 0.05) is 12.8 Å². The van der Waals surface area contributed by atoms with E-state index in [1.165, 1.54) is 7.11 Å². The van der Waals surface area contributed by atoms with Crippen LogP contribution in [0.3, 0.4) is 0 Å². The Kier molecular flexibility index (Phi) is 4.63. The molecule has 82 valence electrons. The SMILES string of the molecule is CNCCN=Cc1ccc(O)c(OC)c1. The molecule has 0 amide bonds. The predicted molar refractivity (Wildman–Crippen MR) is 61.0 cm³/mol. The van der Waals surface area contributed by atoms with Crippen molar-refractivity contribution in [3.63, 3.8) is 0 Å². The van der Waals surface area contributed by atoms with E-state index in [1.807, 2.05) is 7.05 Å². The van der Waals surface area contributed by atoms with E-state index in [4.69, 9.17) is 4.74 Å². The molecule has 2 N–H and O–H groups in total. The molecular formula is C11H16N2O2. The smallest absolute Gasteiger partial charge is 0.161 e. The van der Waals surface area contributed by atoms with E-state index in [0.29, 0.717) is 5.75 Å². The zero-order valence-electron chi connectivity index (χ0n) is 9.03. The fraction of sp³-hybridized carbons (Fsp3) is 0.364. The van der Waals surface area contributed by atoms with E-state index in [9.17, 15) is 5.11 Å². The summed E-state index contributed by atoms with van der Waals surface area (Å²) in [6.45, 7) is 1.59. The van der Waals surface area contributed by atoms with Gasteiger partial charge in [-0.05, 0) is 30.8 Å². The topological polar surface area (TPSA) is 53.9 Å². The number of likely N-dealkylation sites (N-methyl/N-ethyl adjacent to an activating group) is 1. The minimum atomic E-state index is 0.143. The Labute approximate surface area is 89.6 Å². The summed E-state index contributed by atoms with van der Waals surface area (Å²) in [6.07, 6.45) is 1.76. The third kappa shape index (κ3) is 3.59. The summed E-state index contributed by atoms with van der Waals surface area (Å²) in [5, 5.41) is 12.4. The summed E-state index contributed by atoms with van der Waals surface area (Å²) in [6, 6.07) is 5.14. The van der Waals surface area contributed by atoms with Crippen molar-refractivity contribution in [3.8, 4) is 11.5 Å². The molecule has 0 aromatic heterocycles. The first kappa shape index (κ1) is 11.5. The van der Waals surface area contributed by atoms with Crippen molar-refractivity contribution in [1.82, 2.24) is 5.32 Å². The lowest BCUT2D eigenvalue weighted by Gasteiger charge is -2.03. The van der Waals surface area contributed by atoms with Crippen LogP contribution in [-0.2, 0) is 0 Å². The molecule has 0 aliphatic carbocycles. The molecule has 0 unspecified atom stereocenters. The summed E-state index contributed by atoms with van der Waals surface area (Å²) in [5.41, 5.74) is 0.917. The summed E-state index contributed by atoms with van der Waals surface area (Å²) < 4.78 is 4.99. The third-order valence-corrected chi connectivity index (χ3v) is 1.94. The van der Waals surface area contributed by atoms with E-state index in [1.54, 1.807) is 24.4 Å². The van der Waals surface area contributed by atoms with Gasteiger partial charge in [-0.15, -0.1) is 0 Å². The quantitative estimate of drug-likeness (QED) is 0.561. The molecule has 0 aliphatic rings. The lowest BCUT2D eigenvalue weighted by Crippen LogP contribution is -2.10. The highest BCUT2D eigenvalue weighted by molar-refractivity contribution is 5.80. The number of rotatable bonds is 5. The molecule has 0 spiro atoms. The van der Waals surface area contributed by atoms with E-state index >= 15 is 0 Å². The number of methoxy groups -OCH3 is 1. The predicted octanol–water partition coefficient (Wildman–Crippen LogP) is 1.04. The van der Waals surface area contributed by atoms with Crippen LogP contribution in [0.1, 0.15) is 5.56 Å². The van der Waals surface area contributed by atoms with Crippen LogP contribution >= 0.6 is 0 Å². The number of aliphatic imine (C=N–C) groups is 1. The molecular weight excluding hydrogens is 192 g/mol. The molecule has 1 aromatic carbocycles. The van der Waals surface area contributed by atoms with Crippen molar-refractivity contribution < 1.29 is 9.84 Å². The second kappa shape index (κ2) is 6.03. The molecule has 0 heterocycles. The molecule has 1 rings (SSSR count). The highest BCUT2D eigenvalue weighted by Gasteiger charge is 2.00. The largest absolute Gasteiger partial charge is 0.504 e. The molecule has 1 aromatic rings. The van der Waals surface area contributed by atoms with Gasteiger partial charge in [-0.2, -0.15) is 0 Å². The molecule has 0 radical (unpaired) electrons. The van der Waals surface area contributed by atoms with E-state index in [2.05, 4.69) is 10.3 Å². The van der Waals surface area contributed by atoms with Crippen molar-refractivity contribution in [2.75, 3.05) is 27.2 Å². The second-order valence-corrected chi connectivity index (χ2v) is 3.07. The normalized spacial score (nSPS) is 10.8. The van der Waals surface area contributed by atoms with Gasteiger partial charge in [-0.25, -0.2) is 0 Å². The first-order valence-electron chi connectivity index (χ1n) is 4.79. The molecule has 4 nitrogen and oxygen atoms in total. The van der Waals surface area contributed by atoms with E-state index < -0.39 is 0 Å². The Hall–Kier alpha value is -1.55. The summed E-state index contributed by atoms with van der Waals surface area (Å²) in [4.78, 5) is 4.21. The van der Waals surface area contributed by atoms with Crippen LogP contribution < -0.4 is 10.1 Å². The van der Waals surface area contributed by atoms with Crippen LogP contribution in [0, 0.1) is 0 Å². The monoisotopic (exact) mass is 208 g/mol. The number of phenolic OH excluding ortho intramolecular Hbond substituents is 1. The number of hydrogen-bond donors (Lipinski definition) is 2. The van der Waals surface area contributed by atoms with Crippen molar-refractivity contribution in [1.29, 1.82) is 0 Å².